The van der Waals surface area contributed by atoms with Gasteiger partial charge in [-0.2, -0.15) is 0 Å². The molecule has 0 atom stereocenters. The van der Waals surface area contributed by atoms with Crippen LogP contribution in [0.4, 0.5) is 0 Å². The van der Waals surface area contributed by atoms with Crippen LogP contribution < -0.4 is 5.73 Å². The number of alkyl halides is 1. The monoisotopic (exact) mass is 167 g/mol. The number of hydrogen-bond acceptors (Lipinski definition) is 1. The van der Waals surface area contributed by atoms with Crippen LogP contribution in [0, 0.1) is 0 Å². The van der Waals surface area contributed by atoms with Crippen molar-refractivity contribution in [3.63, 3.8) is 0 Å². The fourth-order valence-corrected chi connectivity index (χ4v) is 0.401. The Labute approximate surface area is 54.4 Å². The van der Waals surface area contributed by atoms with E-state index in [2.05, 4.69) is 15.9 Å². The van der Waals surface area contributed by atoms with Crippen molar-refractivity contribution in [1.82, 2.24) is 0 Å². The molecule has 0 amide bonds. The van der Waals surface area contributed by atoms with Gasteiger partial charge in [-0.05, 0) is 13.0 Å². The van der Waals surface area contributed by atoms with Crippen molar-refractivity contribution in [1.29, 1.82) is 0 Å². The summed E-state index contributed by atoms with van der Waals surface area (Å²) < 4.78 is 0. The Kier molecular flexibility index (Phi) is 24.0. The Bertz CT molecular complexity index is 15.6. The van der Waals surface area contributed by atoms with Crippen LogP contribution in [0.5, 0.6) is 0 Å². The summed E-state index contributed by atoms with van der Waals surface area (Å²) in [6, 6.07) is 0. The molecule has 2 heteroatoms. The van der Waals surface area contributed by atoms with Gasteiger partial charge in [-0.15, -0.1) is 0 Å². The molecule has 0 rings (SSSR count). The molecule has 0 aliphatic rings. The lowest BCUT2D eigenvalue weighted by Gasteiger charge is -1.78. The minimum Gasteiger partial charge on any atom is -0.330 e. The highest BCUT2D eigenvalue weighted by molar-refractivity contribution is 9.09. The molecule has 0 aromatic rings. The van der Waals surface area contributed by atoms with Crippen LogP contribution in [0.25, 0.3) is 0 Å². The Morgan fingerprint density at radius 3 is 1.86 bits per heavy atom. The first kappa shape index (κ1) is 10.4. The third-order valence-corrected chi connectivity index (χ3v) is 0.898. The summed E-state index contributed by atoms with van der Waals surface area (Å²) in [5, 5.41) is 1.03. The number of hydrogen-bond donors (Lipinski definition) is 1. The van der Waals surface area contributed by atoms with Crippen molar-refractivity contribution < 1.29 is 0 Å². The van der Waals surface area contributed by atoms with Gasteiger partial charge in [-0.1, -0.05) is 29.8 Å². The zero-order valence-corrected chi connectivity index (χ0v) is 6.66. The molecular formula is C5H14BrN. The second-order valence-electron chi connectivity index (χ2n) is 0.831. The summed E-state index contributed by atoms with van der Waals surface area (Å²) in [4.78, 5) is 0. The molecule has 7 heavy (non-hydrogen) atoms. The molecule has 0 aromatic carbocycles. The van der Waals surface area contributed by atoms with Crippen LogP contribution in [0.15, 0.2) is 0 Å². The van der Waals surface area contributed by atoms with E-state index in [1.165, 1.54) is 0 Å². The molecule has 1 nitrogen and oxygen atoms in total. The second kappa shape index (κ2) is 16.1. The van der Waals surface area contributed by atoms with Crippen molar-refractivity contribution in [2.45, 2.75) is 20.3 Å². The van der Waals surface area contributed by atoms with E-state index in [1.807, 2.05) is 13.8 Å². The van der Waals surface area contributed by atoms with Crippen LogP contribution in [-0.4, -0.2) is 11.9 Å². The highest BCUT2D eigenvalue weighted by Gasteiger charge is 1.69. The van der Waals surface area contributed by atoms with Gasteiger partial charge in [-0.3, -0.25) is 0 Å². The topological polar surface area (TPSA) is 26.0 Å². The average Bonchev–Trinajstić information content (AvgIpc) is 1.75. The van der Waals surface area contributed by atoms with E-state index in [9.17, 15) is 0 Å². The molecule has 2 N–H and O–H groups in total. The van der Waals surface area contributed by atoms with Gasteiger partial charge in [0.1, 0.15) is 0 Å². The zero-order chi connectivity index (χ0) is 6.12. The first-order chi connectivity index (χ1) is 3.41. The largest absolute Gasteiger partial charge is 0.330 e. The Morgan fingerprint density at radius 2 is 1.86 bits per heavy atom. The molecule has 0 bridgehead atoms. The van der Waals surface area contributed by atoms with E-state index in [-0.39, 0.29) is 0 Å². The third-order valence-electron chi connectivity index (χ3n) is 0.338. The highest BCUT2D eigenvalue weighted by atomic mass is 79.9. The summed E-state index contributed by atoms with van der Waals surface area (Å²) in [5.41, 5.74) is 5.11. The lowest BCUT2D eigenvalue weighted by atomic mass is 10.5. The molecule has 0 spiro atoms. The zero-order valence-electron chi connectivity index (χ0n) is 5.08. The molecule has 0 aliphatic carbocycles. The van der Waals surface area contributed by atoms with Crippen molar-refractivity contribution in [3.05, 3.63) is 0 Å². The van der Waals surface area contributed by atoms with Crippen LogP contribution in [0.2, 0.25) is 0 Å². The normalized spacial score (nSPS) is 6.86. The van der Waals surface area contributed by atoms with Crippen LogP contribution >= 0.6 is 15.9 Å². The SMILES string of the molecule is CC.NCCCBr. The molecule has 0 saturated heterocycles. The van der Waals surface area contributed by atoms with E-state index in [0.29, 0.717) is 0 Å². The number of nitrogens with two attached hydrogens (primary N) is 1. The van der Waals surface area contributed by atoms with Gasteiger partial charge >= 0.3 is 0 Å². The van der Waals surface area contributed by atoms with Crippen LogP contribution in [0.1, 0.15) is 20.3 Å². The summed E-state index contributed by atoms with van der Waals surface area (Å²) in [7, 11) is 0. The van der Waals surface area contributed by atoms with E-state index in [4.69, 9.17) is 5.73 Å². The summed E-state index contributed by atoms with van der Waals surface area (Å²) >= 11 is 3.23. The van der Waals surface area contributed by atoms with Crippen LogP contribution in [-0.2, 0) is 0 Å². The minimum absolute atomic E-state index is 0.797. The quantitative estimate of drug-likeness (QED) is 0.624. The van der Waals surface area contributed by atoms with Gasteiger partial charge in [0.25, 0.3) is 0 Å². The van der Waals surface area contributed by atoms with E-state index in [1.54, 1.807) is 0 Å². The van der Waals surface area contributed by atoms with Crippen molar-refractivity contribution >= 4 is 15.9 Å². The average molecular weight is 168 g/mol. The molecule has 0 unspecified atom stereocenters. The standard InChI is InChI=1S/C3H8BrN.C2H6/c4-2-1-3-5;1-2/h1-3,5H2;1-2H3. The second-order valence-corrected chi connectivity index (χ2v) is 1.62. The summed E-state index contributed by atoms with van der Waals surface area (Å²) in [6.07, 6.45) is 1.08. The molecule has 0 radical (unpaired) electrons. The lowest BCUT2D eigenvalue weighted by molar-refractivity contribution is 0.949. The Hall–Kier alpha value is 0.440. The van der Waals surface area contributed by atoms with Crippen LogP contribution in [0.3, 0.4) is 0 Å². The predicted molar refractivity (Wildman–Crippen MR) is 38.8 cm³/mol. The smallest absolute Gasteiger partial charge is 0.00433 e. The first-order valence-corrected chi connectivity index (χ1v) is 3.80. The lowest BCUT2D eigenvalue weighted by Crippen LogP contribution is -1.97. The number of rotatable bonds is 2. The van der Waals surface area contributed by atoms with E-state index in [0.717, 1.165) is 18.3 Å². The van der Waals surface area contributed by atoms with Gasteiger partial charge in [0.2, 0.25) is 0 Å². The fourth-order valence-electron chi connectivity index (χ4n) is 0.0772. The van der Waals surface area contributed by atoms with Crippen molar-refractivity contribution in [2.75, 3.05) is 11.9 Å². The molecule has 0 aliphatic heterocycles. The Balaban J connectivity index is 0. The molecule has 0 heterocycles. The molecular weight excluding hydrogens is 154 g/mol. The predicted octanol–water partition coefficient (Wildman–Crippen LogP) is 1.76. The molecule has 0 fully saturated rings. The van der Waals surface area contributed by atoms with Gasteiger partial charge in [0, 0.05) is 5.33 Å². The van der Waals surface area contributed by atoms with E-state index >= 15 is 0 Å². The minimum atomic E-state index is 0.797. The molecule has 0 saturated carbocycles. The summed E-state index contributed by atoms with van der Waals surface area (Å²) in [5.74, 6) is 0. The fraction of sp³-hybridized carbons (Fsp3) is 1.00. The van der Waals surface area contributed by atoms with E-state index < -0.39 is 0 Å². The molecule has 46 valence electrons. The third kappa shape index (κ3) is 21.3. The summed E-state index contributed by atoms with van der Waals surface area (Å²) in [6.45, 7) is 4.80. The van der Waals surface area contributed by atoms with Gasteiger partial charge in [-0.25, -0.2) is 0 Å². The number of halogens is 1. The Morgan fingerprint density at radius 1 is 1.43 bits per heavy atom. The first-order valence-electron chi connectivity index (χ1n) is 2.68. The van der Waals surface area contributed by atoms with Gasteiger partial charge in [0.15, 0.2) is 0 Å². The van der Waals surface area contributed by atoms with Gasteiger partial charge < -0.3 is 5.73 Å². The van der Waals surface area contributed by atoms with Gasteiger partial charge in [0.05, 0.1) is 0 Å². The van der Waals surface area contributed by atoms with Crippen molar-refractivity contribution in [3.8, 4) is 0 Å². The maximum absolute atomic E-state index is 5.11. The molecule has 0 aromatic heterocycles. The maximum atomic E-state index is 5.11. The maximum Gasteiger partial charge on any atom is 0.00433 e. The highest BCUT2D eigenvalue weighted by Crippen LogP contribution is 1.80. The van der Waals surface area contributed by atoms with Crippen molar-refractivity contribution in [2.24, 2.45) is 5.73 Å².